The van der Waals surface area contributed by atoms with Crippen LogP contribution in [0.3, 0.4) is 0 Å². The molecular formula is C25H30N4O2. The number of anilines is 2. The van der Waals surface area contributed by atoms with E-state index in [-0.39, 0.29) is 24.3 Å². The summed E-state index contributed by atoms with van der Waals surface area (Å²) in [6.07, 6.45) is 2.95. The van der Waals surface area contributed by atoms with Crippen LogP contribution in [0.5, 0.6) is 0 Å². The molecule has 0 bridgehead atoms. The normalized spacial score (nSPS) is 14.6. The molecule has 3 N–H and O–H groups in total. The Hall–Kier alpha value is -3.28. The maximum Gasteiger partial charge on any atom is 0.226 e. The number of hydrogen-bond acceptors (Lipinski definition) is 3. The minimum Gasteiger partial charge on any atom is -0.371 e. The van der Waals surface area contributed by atoms with Crippen LogP contribution in [0.25, 0.3) is 10.9 Å². The van der Waals surface area contributed by atoms with Gasteiger partial charge in [0.05, 0.1) is 6.42 Å². The van der Waals surface area contributed by atoms with E-state index in [0.717, 1.165) is 46.6 Å². The number of hydrogen-bond donors (Lipinski definition) is 3. The van der Waals surface area contributed by atoms with Gasteiger partial charge in [-0.05, 0) is 56.5 Å². The van der Waals surface area contributed by atoms with E-state index >= 15 is 0 Å². The van der Waals surface area contributed by atoms with Gasteiger partial charge in [-0.15, -0.1) is 0 Å². The number of nitrogens with zero attached hydrogens (tertiary/aromatic N) is 1. The molecule has 0 saturated carbocycles. The third kappa shape index (κ3) is 5.08. The molecule has 3 aromatic rings. The Morgan fingerprint density at radius 2 is 1.84 bits per heavy atom. The first-order chi connectivity index (χ1) is 15.0. The fourth-order valence-electron chi connectivity index (χ4n) is 4.35. The molecule has 1 aliphatic heterocycles. The van der Waals surface area contributed by atoms with Crippen LogP contribution in [-0.4, -0.2) is 35.9 Å². The van der Waals surface area contributed by atoms with Crippen molar-refractivity contribution in [2.75, 3.05) is 23.3 Å². The minimum atomic E-state index is -0.250. The van der Waals surface area contributed by atoms with Crippen molar-refractivity contribution >= 4 is 34.1 Å². The molecule has 1 aliphatic rings. The molecule has 2 amide bonds. The quantitative estimate of drug-likeness (QED) is 0.539. The molecule has 2 aromatic carbocycles. The van der Waals surface area contributed by atoms with Crippen LogP contribution in [0.15, 0.2) is 48.5 Å². The molecule has 6 heteroatoms. The summed E-state index contributed by atoms with van der Waals surface area (Å²) in [5.41, 5.74) is 4.97. The number of carbonyl (C=O) groups excluding carboxylic acids is 2. The van der Waals surface area contributed by atoms with E-state index in [9.17, 15) is 9.59 Å². The fourth-order valence-corrected chi connectivity index (χ4v) is 4.35. The largest absolute Gasteiger partial charge is 0.371 e. The maximum absolute atomic E-state index is 12.6. The second-order valence-corrected chi connectivity index (χ2v) is 8.42. The van der Waals surface area contributed by atoms with E-state index in [1.165, 1.54) is 12.8 Å². The number of H-pyrrole nitrogens is 1. The average Bonchev–Trinajstić information content (AvgIpc) is 3.37. The number of amides is 2. The van der Waals surface area contributed by atoms with E-state index in [4.69, 9.17) is 0 Å². The van der Waals surface area contributed by atoms with Gasteiger partial charge in [-0.1, -0.05) is 24.3 Å². The Bertz CT molecular complexity index is 1080. The van der Waals surface area contributed by atoms with Gasteiger partial charge in [-0.25, -0.2) is 0 Å². The molecule has 4 rings (SSSR count). The first-order valence-corrected chi connectivity index (χ1v) is 11.0. The van der Waals surface area contributed by atoms with E-state index in [1.54, 1.807) is 0 Å². The lowest BCUT2D eigenvalue weighted by atomic mass is 10.1. The van der Waals surface area contributed by atoms with Crippen LogP contribution in [0, 0.1) is 6.92 Å². The molecule has 1 unspecified atom stereocenters. The molecule has 2 heterocycles. The number of para-hydroxylation sites is 1. The lowest BCUT2D eigenvalue weighted by Gasteiger charge is -2.19. The van der Waals surface area contributed by atoms with Crippen LogP contribution < -0.4 is 15.5 Å². The summed E-state index contributed by atoms with van der Waals surface area (Å²) in [7, 11) is 0. The highest BCUT2D eigenvalue weighted by molar-refractivity contribution is 5.93. The number of nitrogens with one attached hydrogen (secondary N) is 3. The summed E-state index contributed by atoms with van der Waals surface area (Å²) in [4.78, 5) is 30.7. The van der Waals surface area contributed by atoms with Crippen LogP contribution in [-0.2, 0) is 16.0 Å². The molecule has 1 saturated heterocycles. The zero-order valence-corrected chi connectivity index (χ0v) is 18.2. The highest BCUT2D eigenvalue weighted by atomic mass is 16.2. The van der Waals surface area contributed by atoms with Crippen LogP contribution in [0.1, 0.15) is 37.4 Å². The van der Waals surface area contributed by atoms with Gasteiger partial charge in [0.15, 0.2) is 0 Å². The Kier molecular flexibility index (Phi) is 6.26. The summed E-state index contributed by atoms with van der Waals surface area (Å²) in [5.74, 6) is -0.182. The predicted octanol–water partition coefficient (Wildman–Crippen LogP) is 4.15. The molecule has 0 aliphatic carbocycles. The van der Waals surface area contributed by atoms with E-state index in [1.807, 2.05) is 56.3 Å². The fraction of sp³-hybridized carbons (Fsp3) is 0.360. The first-order valence-electron chi connectivity index (χ1n) is 11.0. The average molecular weight is 419 g/mol. The van der Waals surface area contributed by atoms with E-state index in [0.29, 0.717) is 6.42 Å². The molecule has 1 aromatic heterocycles. The first kappa shape index (κ1) is 21.0. The SMILES string of the molecule is Cc1[nH]c2ccccc2c1CC(=O)NC(C)CC(=O)Nc1cccc(N2CCCC2)c1. The smallest absolute Gasteiger partial charge is 0.226 e. The number of carbonyl (C=O) groups is 2. The Balaban J connectivity index is 1.30. The zero-order valence-electron chi connectivity index (χ0n) is 18.2. The molecule has 162 valence electrons. The Morgan fingerprint density at radius 3 is 2.65 bits per heavy atom. The lowest BCUT2D eigenvalue weighted by Crippen LogP contribution is -2.36. The van der Waals surface area contributed by atoms with E-state index < -0.39 is 0 Å². The van der Waals surface area contributed by atoms with Gasteiger partial charge in [-0.3, -0.25) is 9.59 Å². The van der Waals surface area contributed by atoms with Crippen molar-refractivity contribution in [1.82, 2.24) is 10.3 Å². The molecule has 6 nitrogen and oxygen atoms in total. The molecule has 1 fully saturated rings. The highest BCUT2D eigenvalue weighted by Crippen LogP contribution is 2.24. The van der Waals surface area contributed by atoms with Crippen LogP contribution >= 0.6 is 0 Å². The van der Waals surface area contributed by atoms with Gasteiger partial charge < -0.3 is 20.5 Å². The summed E-state index contributed by atoms with van der Waals surface area (Å²) in [5, 5.41) is 7.00. The molecular weight excluding hydrogens is 388 g/mol. The summed E-state index contributed by atoms with van der Waals surface area (Å²) in [6, 6.07) is 15.7. The van der Waals surface area contributed by atoms with E-state index in [2.05, 4.69) is 26.6 Å². The molecule has 0 radical (unpaired) electrons. The van der Waals surface area contributed by atoms with Gasteiger partial charge in [0.1, 0.15) is 0 Å². The Morgan fingerprint density at radius 1 is 1.06 bits per heavy atom. The van der Waals surface area contributed by atoms with Crippen LogP contribution in [0.4, 0.5) is 11.4 Å². The number of benzene rings is 2. The second-order valence-electron chi connectivity index (χ2n) is 8.42. The third-order valence-electron chi connectivity index (χ3n) is 5.86. The van der Waals surface area contributed by atoms with Crippen molar-refractivity contribution in [1.29, 1.82) is 0 Å². The summed E-state index contributed by atoms with van der Waals surface area (Å²) < 4.78 is 0. The van der Waals surface area contributed by atoms with Crippen LogP contribution in [0.2, 0.25) is 0 Å². The number of aryl methyl sites for hydroxylation is 1. The lowest BCUT2D eigenvalue weighted by molar-refractivity contribution is -0.121. The topological polar surface area (TPSA) is 77.2 Å². The standard InChI is InChI=1S/C25H30N4O2/c1-17(26-25(31)16-22-18(2)27-23-11-4-3-10-21(22)23)14-24(30)28-19-8-7-9-20(15-19)29-12-5-6-13-29/h3-4,7-11,15,17,27H,5-6,12-14,16H2,1-2H3,(H,26,31)(H,28,30). The van der Waals surface area contributed by atoms with Gasteiger partial charge in [0.25, 0.3) is 0 Å². The maximum atomic E-state index is 12.6. The van der Waals surface area contributed by atoms with Gasteiger partial charge in [0, 0.05) is 53.5 Å². The number of rotatable bonds is 7. The van der Waals surface area contributed by atoms with Crippen molar-refractivity contribution < 1.29 is 9.59 Å². The monoisotopic (exact) mass is 418 g/mol. The van der Waals surface area contributed by atoms with Crippen molar-refractivity contribution in [3.8, 4) is 0 Å². The van der Waals surface area contributed by atoms with Crippen molar-refractivity contribution in [2.24, 2.45) is 0 Å². The van der Waals surface area contributed by atoms with Crippen molar-refractivity contribution in [3.63, 3.8) is 0 Å². The molecule has 1 atom stereocenters. The Labute approximate surface area is 183 Å². The van der Waals surface area contributed by atoms with Gasteiger partial charge >= 0.3 is 0 Å². The van der Waals surface area contributed by atoms with Crippen molar-refractivity contribution in [3.05, 3.63) is 59.8 Å². The molecule has 0 spiro atoms. The zero-order chi connectivity index (χ0) is 21.8. The number of fused-ring (bicyclic) bond motifs is 1. The third-order valence-corrected chi connectivity index (χ3v) is 5.86. The minimum absolute atomic E-state index is 0.0795. The highest BCUT2D eigenvalue weighted by Gasteiger charge is 2.17. The molecule has 31 heavy (non-hydrogen) atoms. The predicted molar refractivity (Wildman–Crippen MR) is 125 cm³/mol. The van der Waals surface area contributed by atoms with Gasteiger partial charge in [0.2, 0.25) is 11.8 Å². The number of aromatic amines is 1. The second kappa shape index (κ2) is 9.25. The van der Waals surface area contributed by atoms with Gasteiger partial charge in [-0.2, -0.15) is 0 Å². The number of aromatic nitrogens is 1. The van der Waals surface area contributed by atoms with Crippen molar-refractivity contribution in [2.45, 2.75) is 45.6 Å². The summed E-state index contributed by atoms with van der Waals surface area (Å²) >= 11 is 0. The summed E-state index contributed by atoms with van der Waals surface area (Å²) in [6.45, 7) is 5.97.